The Morgan fingerprint density at radius 1 is 1.08 bits per heavy atom. The lowest BCUT2D eigenvalue weighted by molar-refractivity contribution is -0.138. The van der Waals surface area contributed by atoms with Crippen LogP contribution >= 0.6 is 0 Å². The molecule has 2 fully saturated rings. The summed E-state index contributed by atoms with van der Waals surface area (Å²) in [5.74, 6) is -0.167. The van der Waals surface area contributed by atoms with Gasteiger partial charge in [0.05, 0.1) is 4.90 Å². The van der Waals surface area contributed by atoms with Gasteiger partial charge in [-0.2, -0.15) is 0 Å². The minimum Gasteiger partial charge on any atom is -0.341 e. The first-order valence-electron chi connectivity index (χ1n) is 8.73. The zero-order valence-electron chi connectivity index (χ0n) is 14.6. The van der Waals surface area contributed by atoms with Crippen molar-refractivity contribution in [2.24, 2.45) is 5.92 Å². The number of hydrogen-bond acceptors (Lipinski definition) is 4. The highest BCUT2D eigenvalue weighted by atomic mass is 32.2. The number of carbonyl (C=O) groups excluding carboxylic acids is 2. The molecule has 2 aliphatic rings. The van der Waals surface area contributed by atoms with Gasteiger partial charge in [-0.05, 0) is 44.2 Å². The van der Waals surface area contributed by atoms with Crippen LogP contribution in [0.2, 0.25) is 0 Å². The smallest absolute Gasteiger partial charge is 0.267 e. The third kappa shape index (κ3) is 3.42. The molecule has 1 aromatic carbocycles. The normalized spacial score (nSPS) is 22.5. The van der Waals surface area contributed by atoms with Gasteiger partial charge in [0.2, 0.25) is 11.8 Å². The summed E-state index contributed by atoms with van der Waals surface area (Å²) in [6.45, 7) is 5.27. The number of sulfonamides is 1. The highest BCUT2D eigenvalue weighted by molar-refractivity contribution is 7.89. The molecule has 0 saturated carbocycles. The minimum absolute atomic E-state index is 0.0541. The Bertz CT molecular complexity index is 765. The zero-order valence-corrected chi connectivity index (χ0v) is 15.5. The maximum absolute atomic E-state index is 12.9. The molecule has 0 aromatic heterocycles. The van der Waals surface area contributed by atoms with Gasteiger partial charge in [0, 0.05) is 19.5 Å². The molecular formula is C18H24N2O4S. The van der Waals surface area contributed by atoms with Crippen LogP contribution < -0.4 is 0 Å². The Kier molecular flexibility index (Phi) is 4.86. The van der Waals surface area contributed by atoms with E-state index in [1.165, 1.54) is 12.1 Å². The number of likely N-dealkylation sites (tertiary alicyclic amines) is 1. The fourth-order valence-electron chi connectivity index (χ4n) is 3.45. The van der Waals surface area contributed by atoms with Gasteiger partial charge in [0.25, 0.3) is 10.0 Å². The fraction of sp³-hybridized carbons (Fsp3) is 0.556. The van der Waals surface area contributed by atoms with Crippen molar-refractivity contribution < 1.29 is 18.0 Å². The van der Waals surface area contributed by atoms with Crippen molar-refractivity contribution in [2.45, 2.75) is 50.5 Å². The van der Waals surface area contributed by atoms with Gasteiger partial charge < -0.3 is 4.90 Å². The van der Waals surface area contributed by atoms with Crippen molar-refractivity contribution in [3.63, 3.8) is 0 Å². The van der Waals surface area contributed by atoms with Gasteiger partial charge in [-0.1, -0.05) is 24.6 Å². The second-order valence-corrected chi connectivity index (χ2v) is 8.88. The van der Waals surface area contributed by atoms with Gasteiger partial charge in [0.15, 0.2) is 0 Å². The van der Waals surface area contributed by atoms with E-state index >= 15 is 0 Å². The van der Waals surface area contributed by atoms with Crippen LogP contribution in [0.15, 0.2) is 29.2 Å². The van der Waals surface area contributed by atoms with E-state index in [2.05, 4.69) is 6.92 Å². The second-order valence-electron chi connectivity index (χ2n) is 7.07. The maximum Gasteiger partial charge on any atom is 0.267 e. The lowest BCUT2D eigenvalue weighted by Gasteiger charge is -2.34. The van der Waals surface area contributed by atoms with E-state index in [0.29, 0.717) is 19.0 Å². The Labute approximate surface area is 148 Å². The van der Waals surface area contributed by atoms with Crippen molar-refractivity contribution in [3.05, 3.63) is 29.8 Å². The van der Waals surface area contributed by atoms with E-state index in [-0.39, 0.29) is 23.6 Å². The van der Waals surface area contributed by atoms with E-state index in [9.17, 15) is 18.0 Å². The highest BCUT2D eigenvalue weighted by Crippen LogP contribution is 2.29. The van der Waals surface area contributed by atoms with Crippen LogP contribution in [-0.4, -0.2) is 48.6 Å². The standard InChI is InChI=1S/C18H24N2O4S/c1-13-3-5-15(6-4-13)25(23,24)20-16(7-8-17(20)21)18(22)19-11-9-14(2)10-12-19/h3-6,14,16H,7-12H2,1-2H3/t16-/m1/s1. The first-order chi connectivity index (χ1) is 11.8. The number of hydrogen-bond donors (Lipinski definition) is 0. The molecule has 2 amide bonds. The third-order valence-electron chi connectivity index (χ3n) is 5.12. The van der Waals surface area contributed by atoms with E-state index in [1.54, 1.807) is 17.0 Å². The topological polar surface area (TPSA) is 74.8 Å². The molecule has 25 heavy (non-hydrogen) atoms. The monoisotopic (exact) mass is 364 g/mol. The summed E-state index contributed by atoms with van der Waals surface area (Å²) in [5.41, 5.74) is 0.932. The first-order valence-corrected chi connectivity index (χ1v) is 10.2. The number of benzene rings is 1. The Morgan fingerprint density at radius 3 is 2.28 bits per heavy atom. The van der Waals surface area contributed by atoms with Crippen molar-refractivity contribution in [1.82, 2.24) is 9.21 Å². The molecule has 0 spiro atoms. The summed E-state index contributed by atoms with van der Waals surface area (Å²) < 4.78 is 26.7. The second kappa shape index (κ2) is 6.78. The largest absolute Gasteiger partial charge is 0.341 e. The number of carbonyl (C=O) groups is 2. The van der Waals surface area contributed by atoms with Gasteiger partial charge in [-0.15, -0.1) is 0 Å². The number of piperidine rings is 1. The molecule has 1 atom stereocenters. The first kappa shape index (κ1) is 17.9. The van der Waals surface area contributed by atoms with E-state index in [1.807, 2.05) is 6.92 Å². The molecule has 7 heteroatoms. The SMILES string of the molecule is Cc1ccc(S(=O)(=O)N2C(=O)CC[C@@H]2C(=O)N2CCC(C)CC2)cc1. The molecule has 0 radical (unpaired) electrons. The molecule has 0 aliphatic carbocycles. The molecule has 136 valence electrons. The summed E-state index contributed by atoms with van der Waals surface area (Å²) in [5, 5.41) is 0. The van der Waals surface area contributed by atoms with Crippen LogP contribution in [0.3, 0.4) is 0 Å². The Balaban J connectivity index is 1.86. The molecule has 0 unspecified atom stereocenters. The van der Waals surface area contributed by atoms with Crippen LogP contribution in [-0.2, 0) is 19.6 Å². The van der Waals surface area contributed by atoms with Crippen LogP contribution in [0.1, 0.15) is 38.2 Å². The molecule has 0 bridgehead atoms. The molecular weight excluding hydrogens is 340 g/mol. The van der Waals surface area contributed by atoms with E-state index in [0.717, 1.165) is 22.7 Å². The number of rotatable bonds is 3. The summed E-state index contributed by atoms with van der Waals surface area (Å²) >= 11 is 0. The molecule has 2 heterocycles. The lowest BCUT2D eigenvalue weighted by Crippen LogP contribution is -2.50. The van der Waals surface area contributed by atoms with Crippen LogP contribution in [0.4, 0.5) is 0 Å². The van der Waals surface area contributed by atoms with Crippen molar-refractivity contribution in [3.8, 4) is 0 Å². The quantitative estimate of drug-likeness (QED) is 0.821. The molecule has 2 saturated heterocycles. The number of nitrogens with zero attached hydrogens (tertiary/aromatic N) is 2. The predicted molar refractivity (Wildman–Crippen MR) is 93.2 cm³/mol. The molecule has 1 aromatic rings. The van der Waals surface area contributed by atoms with Gasteiger partial charge >= 0.3 is 0 Å². The summed E-state index contributed by atoms with van der Waals surface area (Å²) in [4.78, 5) is 26.9. The van der Waals surface area contributed by atoms with Gasteiger partial charge in [-0.3, -0.25) is 9.59 Å². The van der Waals surface area contributed by atoms with E-state index < -0.39 is 22.0 Å². The van der Waals surface area contributed by atoms with Gasteiger partial charge in [-0.25, -0.2) is 12.7 Å². The lowest BCUT2D eigenvalue weighted by atomic mass is 9.98. The van der Waals surface area contributed by atoms with Crippen molar-refractivity contribution in [2.75, 3.05) is 13.1 Å². The zero-order chi connectivity index (χ0) is 18.2. The summed E-state index contributed by atoms with van der Waals surface area (Å²) in [6, 6.07) is 5.44. The van der Waals surface area contributed by atoms with Crippen LogP contribution in [0.25, 0.3) is 0 Å². The minimum atomic E-state index is -4.01. The molecule has 0 N–H and O–H groups in total. The predicted octanol–water partition coefficient (Wildman–Crippen LogP) is 1.93. The number of aryl methyl sites for hydroxylation is 1. The van der Waals surface area contributed by atoms with E-state index in [4.69, 9.17) is 0 Å². The summed E-state index contributed by atoms with van der Waals surface area (Å²) in [7, 11) is -4.01. The average molecular weight is 364 g/mol. The maximum atomic E-state index is 12.9. The molecule has 2 aliphatic heterocycles. The summed E-state index contributed by atoms with van der Waals surface area (Å²) in [6.07, 6.45) is 2.18. The van der Waals surface area contributed by atoms with Crippen LogP contribution in [0, 0.1) is 12.8 Å². The van der Waals surface area contributed by atoms with Crippen LogP contribution in [0.5, 0.6) is 0 Å². The average Bonchev–Trinajstić information content (AvgIpc) is 2.98. The third-order valence-corrected chi connectivity index (χ3v) is 6.96. The van der Waals surface area contributed by atoms with Gasteiger partial charge in [0.1, 0.15) is 6.04 Å². The Morgan fingerprint density at radius 2 is 1.68 bits per heavy atom. The van der Waals surface area contributed by atoms with Crippen molar-refractivity contribution in [1.29, 1.82) is 0 Å². The highest BCUT2D eigenvalue weighted by Gasteiger charge is 2.45. The fourth-order valence-corrected chi connectivity index (χ4v) is 5.05. The number of amides is 2. The Hall–Kier alpha value is -1.89. The molecule has 3 rings (SSSR count). The van der Waals surface area contributed by atoms with Crippen molar-refractivity contribution >= 4 is 21.8 Å². The molecule has 6 nitrogen and oxygen atoms in total.